The lowest BCUT2D eigenvalue weighted by atomic mass is 10.1. The second-order valence-corrected chi connectivity index (χ2v) is 8.91. The van der Waals surface area contributed by atoms with Crippen molar-refractivity contribution in [3.8, 4) is 5.75 Å². The van der Waals surface area contributed by atoms with E-state index in [1.165, 1.54) is 33.6 Å². The second-order valence-electron chi connectivity index (χ2n) is 6.98. The Morgan fingerprint density at radius 2 is 1.86 bits per heavy atom. The van der Waals surface area contributed by atoms with Crippen LogP contribution in [0.1, 0.15) is 11.1 Å². The summed E-state index contributed by atoms with van der Waals surface area (Å²) in [6, 6.07) is 11.4. The molecule has 2 aliphatic heterocycles. The lowest BCUT2D eigenvalue weighted by molar-refractivity contribution is -0.385. The zero-order chi connectivity index (χ0) is 19.7. The molecule has 2 aromatic carbocycles. The molecule has 148 valence electrons. The Morgan fingerprint density at radius 3 is 2.61 bits per heavy atom. The maximum absolute atomic E-state index is 12.8. The lowest BCUT2D eigenvalue weighted by Crippen LogP contribution is -2.48. The van der Waals surface area contributed by atoms with Gasteiger partial charge in [0.1, 0.15) is 5.75 Å². The van der Waals surface area contributed by atoms with Crippen LogP contribution in [0.5, 0.6) is 5.75 Å². The van der Waals surface area contributed by atoms with Crippen molar-refractivity contribution in [2.75, 3.05) is 32.8 Å². The third-order valence-electron chi connectivity index (χ3n) is 5.16. The summed E-state index contributed by atoms with van der Waals surface area (Å²) in [5, 5.41) is 10.9. The monoisotopic (exact) mass is 403 g/mol. The summed E-state index contributed by atoms with van der Waals surface area (Å²) in [7, 11) is -3.74. The van der Waals surface area contributed by atoms with E-state index in [0.29, 0.717) is 26.2 Å². The first-order chi connectivity index (χ1) is 13.4. The molecule has 0 amide bonds. The number of fused-ring (bicyclic) bond motifs is 1. The van der Waals surface area contributed by atoms with Crippen molar-refractivity contribution in [2.24, 2.45) is 0 Å². The van der Waals surface area contributed by atoms with Gasteiger partial charge in [0.25, 0.3) is 5.69 Å². The molecule has 2 aromatic rings. The van der Waals surface area contributed by atoms with Crippen molar-refractivity contribution in [1.82, 2.24) is 9.21 Å². The molecule has 0 bridgehead atoms. The number of hydrogen-bond donors (Lipinski definition) is 0. The fourth-order valence-electron chi connectivity index (χ4n) is 3.63. The molecule has 28 heavy (non-hydrogen) atoms. The minimum absolute atomic E-state index is 0.0335. The number of nitro groups is 1. The van der Waals surface area contributed by atoms with Gasteiger partial charge in [-0.25, -0.2) is 8.42 Å². The molecular weight excluding hydrogens is 382 g/mol. The summed E-state index contributed by atoms with van der Waals surface area (Å²) in [5.74, 6) is 0.955. The van der Waals surface area contributed by atoms with Crippen LogP contribution in [0.3, 0.4) is 0 Å². The van der Waals surface area contributed by atoms with E-state index in [4.69, 9.17) is 4.74 Å². The fourth-order valence-corrected chi connectivity index (χ4v) is 5.09. The minimum atomic E-state index is -3.74. The van der Waals surface area contributed by atoms with Crippen LogP contribution < -0.4 is 4.74 Å². The van der Waals surface area contributed by atoms with Gasteiger partial charge < -0.3 is 4.74 Å². The van der Waals surface area contributed by atoms with Crippen molar-refractivity contribution in [3.05, 3.63) is 63.7 Å². The molecule has 0 N–H and O–H groups in total. The number of nitro benzene ring substituents is 1. The van der Waals surface area contributed by atoms with E-state index in [2.05, 4.69) is 17.0 Å². The number of rotatable bonds is 5. The maximum atomic E-state index is 12.8. The fraction of sp³-hybridized carbons (Fsp3) is 0.368. The number of ether oxygens (including phenoxy) is 1. The highest BCUT2D eigenvalue weighted by Crippen LogP contribution is 2.27. The topological polar surface area (TPSA) is 93.0 Å². The normalized spacial score (nSPS) is 17.9. The first-order valence-electron chi connectivity index (χ1n) is 9.15. The molecule has 0 aliphatic carbocycles. The van der Waals surface area contributed by atoms with Crippen LogP contribution >= 0.6 is 0 Å². The van der Waals surface area contributed by atoms with Crippen LogP contribution in [0, 0.1) is 10.1 Å². The summed E-state index contributed by atoms with van der Waals surface area (Å²) >= 11 is 0. The standard InChI is InChI=1S/C19H21N3O5S/c23-22(24)17-2-1-3-18(13-17)28(25,26)21-9-7-20(8-10-21)14-15-4-5-19-16(12-15)6-11-27-19/h1-5,12-13H,6-11,14H2. The number of hydrogen-bond acceptors (Lipinski definition) is 6. The van der Waals surface area contributed by atoms with E-state index in [1.54, 1.807) is 0 Å². The Labute approximate surface area is 163 Å². The van der Waals surface area contributed by atoms with Crippen molar-refractivity contribution in [2.45, 2.75) is 17.9 Å². The van der Waals surface area contributed by atoms with Crippen LogP contribution in [0.15, 0.2) is 47.4 Å². The van der Waals surface area contributed by atoms with E-state index in [9.17, 15) is 18.5 Å². The van der Waals surface area contributed by atoms with Gasteiger partial charge >= 0.3 is 0 Å². The van der Waals surface area contributed by atoms with E-state index in [1.807, 2.05) is 6.07 Å². The second kappa shape index (κ2) is 7.50. The Kier molecular flexibility index (Phi) is 5.05. The molecule has 0 unspecified atom stereocenters. The summed E-state index contributed by atoms with van der Waals surface area (Å²) in [4.78, 5) is 12.5. The van der Waals surface area contributed by atoms with Crippen molar-refractivity contribution < 1.29 is 18.1 Å². The van der Waals surface area contributed by atoms with Crippen LogP contribution in [0.25, 0.3) is 0 Å². The summed E-state index contributed by atoms with van der Waals surface area (Å²) in [6.45, 7) is 3.44. The van der Waals surface area contributed by atoms with E-state index in [0.717, 1.165) is 31.4 Å². The molecule has 0 radical (unpaired) electrons. The van der Waals surface area contributed by atoms with Crippen molar-refractivity contribution >= 4 is 15.7 Å². The average Bonchev–Trinajstić information content (AvgIpc) is 3.16. The molecule has 8 nitrogen and oxygen atoms in total. The molecule has 2 heterocycles. The average molecular weight is 403 g/mol. The molecule has 0 saturated carbocycles. The highest BCUT2D eigenvalue weighted by atomic mass is 32.2. The molecule has 0 atom stereocenters. The molecule has 0 spiro atoms. The quantitative estimate of drug-likeness (QED) is 0.560. The number of benzene rings is 2. The minimum Gasteiger partial charge on any atom is -0.493 e. The summed E-state index contributed by atoms with van der Waals surface area (Å²) < 4.78 is 32.6. The molecule has 9 heteroatoms. The Bertz CT molecular complexity index is 1000. The van der Waals surface area contributed by atoms with Crippen LogP contribution in [0.2, 0.25) is 0 Å². The predicted molar refractivity (Wildman–Crippen MR) is 103 cm³/mol. The van der Waals surface area contributed by atoms with Crippen LogP contribution in [-0.4, -0.2) is 55.3 Å². The lowest BCUT2D eigenvalue weighted by Gasteiger charge is -2.34. The van der Waals surface area contributed by atoms with E-state index >= 15 is 0 Å². The molecule has 1 fully saturated rings. The van der Waals surface area contributed by atoms with Crippen molar-refractivity contribution in [1.29, 1.82) is 0 Å². The SMILES string of the molecule is O=[N+]([O-])c1cccc(S(=O)(=O)N2CCN(Cc3ccc4c(c3)CCO4)CC2)c1. The Hall–Kier alpha value is -2.49. The zero-order valence-electron chi connectivity index (χ0n) is 15.3. The highest BCUT2D eigenvalue weighted by Gasteiger charge is 2.29. The highest BCUT2D eigenvalue weighted by molar-refractivity contribution is 7.89. The van der Waals surface area contributed by atoms with Crippen LogP contribution in [-0.2, 0) is 23.0 Å². The van der Waals surface area contributed by atoms with E-state index in [-0.39, 0.29) is 10.6 Å². The van der Waals surface area contributed by atoms with E-state index < -0.39 is 14.9 Å². The van der Waals surface area contributed by atoms with Gasteiger partial charge in [0.2, 0.25) is 10.0 Å². The zero-order valence-corrected chi connectivity index (χ0v) is 16.1. The Balaban J connectivity index is 1.41. The van der Waals surface area contributed by atoms with Gasteiger partial charge in [0.05, 0.1) is 16.4 Å². The Morgan fingerprint density at radius 1 is 1.07 bits per heavy atom. The van der Waals surface area contributed by atoms with Gasteiger partial charge in [-0.3, -0.25) is 15.0 Å². The summed E-state index contributed by atoms with van der Waals surface area (Å²) in [5.41, 5.74) is 2.20. The first-order valence-corrected chi connectivity index (χ1v) is 10.6. The number of piperazine rings is 1. The molecule has 2 aliphatic rings. The third-order valence-corrected chi connectivity index (χ3v) is 7.05. The number of non-ortho nitro benzene ring substituents is 1. The number of sulfonamides is 1. The molecule has 1 saturated heterocycles. The van der Waals surface area contributed by atoms with Gasteiger partial charge in [0.15, 0.2) is 0 Å². The van der Waals surface area contributed by atoms with Crippen LogP contribution in [0.4, 0.5) is 5.69 Å². The van der Waals surface area contributed by atoms with Gasteiger partial charge in [0, 0.05) is 51.3 Å². The molecule has 0 aromatic heterocycles. The van der Waals surface area contributed by atoms with Gasteiger partial charge in [-0.05, 0) is 23.3 Å². The largest absolute Gasteiger partial charge is 0.493 e. The first kappa shape index (κ1) is 18.9. The van der Waals surface area contributed by atoms with Gasteiger partial charge in [-0.15, -0.1) is 0 Å². The number of nitrogens with zero attached hydrogens (tertiary/aromatic N) is 3. The molecule has 4 rings (SSSR count). The maximum Gasteiger partial charge on any atom is 0.270 e. The van der Waals surface area contributed by atoms with Gasteiger partial charge in [-0.2, -0.15) is 4.31 Å². The van der Waals surface area contributed by atoms with Crippen molar-refractivity contribution in [3.63, 3.8) is 0 Å². The predicted octanol–water partition coefficient (Wildman–Crippen LogP) is 2.04. The third kappa shape index (κ3) is 3.73. The van der Waals surface area contributed by atoms with Gasteiger partial charge in [-0.1, -0.05) is 18.2 Å². The smallest absolute Gasteiger partial charge is 0.270 e. The molecular formula is C19H21N3O5S. The summed E-state index contributed by atoms with van der Waals surface area (Å²) in [6.07, 6.45) is 0.929.